The Morgan fingerprint density at radius 1 is 1.42 bits per heavy atom. The van der Waals surface area contributed by atoms with Crippen LogP contribution in [0.5, 0.6) is 0 Å². The molecule has 0 saturated carbocycles. The predicted octanol–water partition coefficient (Wildman–Crippen LogP) is 1.92. The number of allylic oxidation sites excluding steroid dienone is 1. The van der Waals surface area contributed by atoms with E-state index >= 15 is 0 Å². The Hall–Kier alpha value is -1.13. The molecule has 4 atom stereocenters. The van der Waals surface area contributed by atoms with Crippen LogP contribution in [0.1, 0.15) is 40.0 Å². The molecule has 106 valence electrons. The number of carbonyl (C=O) groups excluding carboxylic acids is 1. The van der Waals surface area contributed by atoms with Crippen molar-refractivity contribution < 1.29 is 19.7 Å². The molecule has 0 aromatic rings. The number of rotatable bonds is 3. The van der Waals surface area contributed by atoms with Crippen molar-refractivity contribution in [1.29, 1.82) is 0 Å². The zero-order valence-electron chi connectivity index (χ0n) is 11.7. The van der Waals surface area contributed by atoms with E-state index in [4.69, 9.17) is 0 Å². The molecular weight excluding hydrogens is 244 g/mol. The highest BCUT2D eigenvalue weighted by Gasteiger charge is 2.38. The van der Waals surface area contributed by atoms with Crippen LogP contribution in [0, 0.1) is 11.3 Å². The van der Waals surface area contributed by atoms with Gasteiger partial charge in [-0.15, -0.1) is 0 Å². The lowest BCUT2D eigenvalue weighted by Crippen LogP contribution is -2.34. The van der Waals surface area contributed by atoms with Crippen molar-refractivity contribution in [1.82, 2.24) is 0 Å². The molecule has 0 bridgehead atoms. The van der Waals surface area contributed by atoms with Gasteiger partial charge in [0.05, 0.1) is 6.10 Å². The fourth-order valence-corrected chi connectivity index (χ4v) is 3.04. The maximum atomic E-state index is 11.5. The fraction of sp³-hybridized carbons (Fsp3) is 0.667. The number of hydrogen-bond donors (Lipinski definition) is 2. The number of esters is 1. The zero-order chi connectivity index (χ0) is 14.2. The molecule has 2 rings (SSSR count). The van der Waals surface area contributed by atoms with Crippen molar-refractivity contribution >= 4 is 5.97 Å². The first kappa shape index (κ1) is 14.3. The van der Waals surface area contributed by atoms with E-state index in [0.717, 1.165) is 12.8 Å². The summed E-state index contributed by atoms with van der Waals surface area (Å²) in [4.78, 5) is 11.5. The van der Waals surface area contributed by atoms with E-state index in [-0.39, 0.29) is 11.5 Å². The molecule has 4 nitrogen and oxygen atoms in total. The second-order valence-corrected chi connectivity index (χ2v) is 5.96. The minimum absolute atomic E-state index is 0.0199. The van der Waals surface area contributed by atoms with Gasteiger partial charge >= 0.3 is 5.97 Å². The van der Waals surface area contributed by atoms with Crippen LogP contribution >= 0.6 is 0 Å². The van der Waals surface area contributed by atoms with Crippen LogP contribution < -0.4 is 0 Å². The van der Waals surface area contributed by atoms with Crippen LogP contribution in [0.15, 0.2) is 23.3 Å². The third kappa shape index (κ3) is 2.74. The molecule has 0 saturated heterocycles. The van der Waals surface area contributed by atoms with Gasteiger partial charge in [0.15, 0.2) is 0 Å². The van der Waals surface area contributed by atoms with E-state index in [2.05, 4.69) is 18.6 Å². The highest BCUT2D eigenvalue weighted by molar-refractivity contribution is 5.90. The highest BCUT2D eigenvalue weighted by atomic mass is 16.6. The lowest BCUT2D eigenvalue weighted by Gasteiger charge is -2.41. The number of carbonyl (C=O) groups is 1. The molecular formula is C15H22O4. The highest BCUT2D eigenvalue weighted by Crippen LogP contribution is 2.46. The minimum atomic E-state index is -1.09. The lowest BCUT2D eigenvalue weighted by atomic mass is 9.64. The second kappa shape index (κ2) is 5.10. The summed E-state index contributed by atoms with van der Waals surface area (Å²) >= 11 is 0. The first-order valence-electron chi connectivity index (χ1n) is 6.79. The Bertz CT molecular complexity index is 437. The van der Waals surface area contributed by atoms with Crippen molar-refractivity contribution in [2.24, 2.45) is 11.3 Å². The summed E-state index contributed by atoms with van der Waals surface area (Å²) in [6.07, 6.45) is 4.11. The van der Waals surface area contributed by atoms with E-state index in [1.165, 1.54) is 11.6 Å². The van der Waals surface area contributed by atoms with Gasteiger partial charge in [-0.25, -0.2) is 4.79 Å². The van der Waals surface area contributed by atoms with E-state index in [9.17, 15) is 15.0 Å². The summed E-state index contributed by atoms with van der Waals surface area (Å²) in [6.45, 7) is 6.34. The Morgan fingerprint density at radius 3 is 2.63 bits per heavy atom. The summed E-state index contributed by atoms with van der Waals surface area (Å²) in [6, 6.07) is 0. The van der Waals surface area contributed by atoms with Crippen molar-refractivity contribution in [2.45, 2.75) is 52.4 Å². The third-order valence-corrected chi connectivity index (χ3v) is 4.77. The second-order valence-electron chi connectivity index (χ2n) is 5.96. The van der Waals surface area contributed by atoms with E-state index in [1.54, 1.807) is 0 Å². The molecule has 2 N–H and O–H groups in total. The third-order valence-electron chi connectivity index (χ3n) is 4.77. The largest absolute Gasteiger partial charge is 0.429 e. The van der Waals surface area contributed by atoms with Crippen molar-refractivity contribution in [3.05, 3.63) is 23.3 Å². The van der Waals surface area contributed by atoms with Gasteiger partial charge in [0.2, 0.25) is 6.29 Å². The van der Waals surface area contributed by atoms with Crippen LogP contribution in [0.3, 0.4) is 0 Å². The van der Waals surface area contributed by atoms with Crippen molar-refractivity contribution in [3.63, 3.8) is 0 Å². The summed E-state index contributed by atoms with van der Waals surface area (Å²) in [5, 5.41) is 19.0. The Morgan fingerprint density at radius 2 is 2.11 bits per heavy atom. The zero-order valence-corrected chi connectivity index (χ0v) is 11.7. The van der Waals surface area contributed by atoms with Crippen LogP contribution in [0.25, 0.3) is 0 Å². The molecule has 0 spiro atoms. The van der Waals surface area contributed by atoms with E-state index in [0.29, 0.717) is 17.9 Å². The van der Waals surface area contributed by atoms with Crippen LogP contribution in [-0.2, 0) is 9.53 Å². The first-order chi connectivity index (χ1) is 8.83. The van der Waals surface area contributed by atoms with Crippen LogP contribution in [0.2, 0.25) is 0 Å². The van der Waals surface area contributed by atoms with Crippen molar-refractivity contribution in [3.8, 4) is 0 Å². The average Bonchev–Trinajstić information content (AvgIpc) is 2.62. The molecule has 4 heteroatoms. The molecule has 1 aliphatic heterocycles. The van der Waals surface area contributed by atoms with Gasteiger partial charge in [-0.3, -0.25) is 0 Å². The topological polar surface area (TPSA) is 66.8 Å². The SMILES string of the molecule is CC1=C[C@@H](O)C[C@@H](C)[C@]1(C)CCC1=C[C@@H](O)OC1=O. The summed E-state index contributed by atoms with van der Waals surface area (Å²) in [7, 11) is 0. The lowest BCUT2D eigenvalue weighted by molar-refractivity contribution is -0.151. The quantitative estimate of drug-likeness (QED) is 0.605. The molecule has 1 aliphatic carbocycles. The molecule has 0 fully saturated rings. The normalized spacial score (nSPS) is 38.8. The van der Waals surface area contributed by atoms with Gasteiger partial charge in [0, 0.05) is 5.57 Å². The fourth-order valence-electron chi connectivity index (χ4n) is 3.04. The maximum Gasteiger partial charge on any atom is 0.336 e. The van der Waals surface area contributed by atoms with Gasteiger partial charge in [0.25, 0.3) is 0 Å². The Labute approximate surface area is 113 Å². The van der Waals surface area contributed by atoms with Gasteiger partial charge in [-0.05, 0) is 43.6 Å². The molecule has 0 unspecified atom stereocenters. The summed E-state index contributed by atoms with van der Waals surface area (Å²) in [5.74, 6) is -0.0586. The average molecular weight is 266 g/mol. The number of ether oxygens (including phenoxy) is 1. The number of aliphatic hydroxyl groups excluding tert-OH is 2. The van der Waals surface area contributed by atoms with E-state index in [1.807, 2.05) is 13.0 Å². The molecule has 1 heterocycles. The van der Waals surface area contributed by atoms with Gasteiger partial charge in [0.1, 0.15) is 0 Å². The van der Waals surface area contributed by atoms with Gasteiger partial charge < -0.3 is 14.9 Å². The molecule has 19 heavy (non-hydrogen) atoms. The maximum absolute atomic E-state index is 11.5. The van der Waals surface area contributed by atoms with Gasteiger partial charge in [-0.1, -0.05) is 25.5 Å². The molecule has 0 aromatic heterocycles. The smallest absolute Gasteiger partial charge is 0.336 e. The Balaban J connectivity index is 2.08. The minimum Gasteiger partial charge on any atom is -0.429 e. The standard InChI is InChI=1S/C15H22O4/c1-9-6-12(16)7-10(2)15(9,3)5-4-11-8-13(17)19-14(11)18/h6,8,10,12-13,16-17H,4-5,7H2,1-3H3/t10-,12-,13+,15-/m1/s1. The van der Waals surface area contributed by atoms with E-state index < -0.39 is 12.3 Å². The first-order valence-corrected chi connectivity index (χ1v) is 6.79. The number of hydrogen-bond acceptors (Lipinski definition) is 4. The molecule has 0 radical (unpaired) electrons. The van der Waals surface area contributed by atoms with Crippen LogP contribution in [-0.4, -0.2) is 28.6 Å². The summed E-state index contributed by atoms with van der Waals surface area (Å²) in [5.41, 5.74) is 1.71. The van der Waals surface area contributed by atoms with Crippen LogP contribution in [0.4, 0.5) is 0 Å². The number of cyclic esters (lactones) is 1. The predicted molar refractivity (Wildman–Crippen MR) is 71.1 cm³/mol. The molecule has 0 amide bonds. The molecule has 2 aliphatic rings. The Kier molecular flexibility index (Phi) is 3.83. The number of aliphatic hydroxyl groups is 2. The van der Waals surface area contributed by atoms with Crippen molar-refractivity contribution in [2.75, 3.05) is 0 Å². The molecule has 0 aromatic carbocycles. The van der Waals surface area contributed by atoms with Gasteiger partial charge in [-0.2, -0.15) is 0 Å². The monoisotopic (exact) mass is 266 g/mol. The summed E-state index contributed by atoms with van der Waals surface area (Å²) < 4.78 is 4.69.